The Kier molecular flexibility index (Phi) is 31.2. The number of allylic oxidation sites excluding steroid dienone is 2. The van der Waals surface area contributed by atoms with Crippen LogP contribution < -0.4 is 34.9 Å². The van der Waals surface area contributed by atoms with E-state index in [0.29, 0.717) is 26.1 Å². The van der Waals surface area contributed by atoms with Gasteiger partial charge in [0.1, 0.15) is 19.2 Å². The van der Waals surface area contributed by atoms with Crippen LogP contribution in [0.3, 0.4) is 0 Å². The first kappa shape index (κ1) is 46.3. The Morgan fingerprint density at radius 3 is 1.83 bits per heavy atom. The average Bonchev–Trinajstić information content (AvgIpc) is 2.85. The predicted octanol–water partition coefficient (Wildman–Crippen LogP) is -0.418. The summed E-state index contributed by atoms with van der Waals surface area (Å²) < 4.78 is 63.7. The summed E-state index contributed by atoms with van der Waals surface area (Å²) in [7, 11) is -6.37. The fourth-order valence-corrected chi connectivity index (χ4v) is 4.82. The second-order valence-electron chi connectivity index (χ2n) is 10.6. The van der Waals surface area contributed by atoms with E-state index in [1.807, 2.05) is 0 Å². The number of aliphatic hydroxyl groups is 2. The smallest absolute Gasteiger partial charge is 0.748 e. The number of quaternary nitrogens is 1. The molecule has 1 amide bonds. The normalized spacial score (nSPS) is 14.0. The van der Waals surface area contributed by atoms with E-state index in [-0.39, 0.29) is 53.1 Å². The zero-order valence-electron chi connectivity index (χ0n) is 26.3. The zero-order chi connectivity index (χ0) is 31.6. The molecule has 0 aliphatic rings. The molecule has 2 atom stereocenters. The molecule has 246 valence electrons. The van der Waals surface area contributed by atoms with E-state index < -0.39 is 32.4 Å². The van der Waals surface area contributed by atoms with Crippen molar-refractivity contribution in [3.63, 3.8) is 0 Å². The van der Waals surface area contributed by atoms with Crippen molar-refractivity contribution in [3.8, 4) is 0 Å². The van der Waals surface area contributed by atoms with Gasteiger partial charge in [-0.1, -0.05) is 70.4 Å². The number of carbonyl (C=O) groups is 1. The Morgan fingerprint density at radius 2 is 1.38 bits per heavy atom. The number of aliphatic hydroxyl groups excluding tert-OH is 2. The molecule has 0 spiro atoms. The third-order valence-corrected chi connectivity index (χ3v) is 7.73. The van der Waals surface area contributed by atoms with Crippen LogP contribution in [0.25, 0.3) is 0 Å². The maximum absolute atomic E-state index is 12.1. The summed E-state index contributed by atoms with van der Waals surface area (Å²) in [6.07, 6.45) is 19.6. The topological polar surface area (TPSA) is 193 Å². The number of nitrogens with one attached hydrogen (secondary N) is 1. The summed E-state index contributed by atoms with van der Waals surface area (Å²) in [6.45, 7) is 3.20. The van der Waals surface area contributed by atoms with Crippen LogP contribution in [-0.2, 0) is 29.5 Å². The molecular weight excluding hydrogens is 599 g/mol. The first-order chi connectivity index (χ1) is 19.2. The molecule has 0 bridgehead atoms. The summed E-state index contributed by atoms with van der Waals surface area (Å²) in [6, 6.07) is 0. The van der Waals surface area contributed by atoms with E-state index in [1.165, 1.54) is 57.8 Å². The fourth-order valence-electron chi connectivity index (χ4n) is 4.24. The van der Waals surface area contributed by atoms with Gasteiger partial charge in [0, 0.05) is 6.42 Å². The molecule has 0 rings (SSSR count). The van der Waals surface area contributed by atoms with Crippen LogP contribution in [-0.4, -0.2) is 105 Å². The van der Waals surface area contributed by atoms with Gasteiger partial charge < -0.3 is 29.1 Å². The molecule has 0 radical (unpaired) electrons. The van der Waals surface area contributed by atoms with Gasteiger partial charge in [-0.05, 0) is 32.1 Å². The van der Waals surface area contributed by atoms with Crippen molar-refractivity contribution in [2.45, 2.75) is 103 Å². The van der Waals surface area contributed by atoms with Crippen LogP contribution in [0.15, 0.2) is 12.2 Å². The second-order valence-corrected chi connectivity index (χ2v) is 13.2. The van der Waals surface area contributed by atoms with E-state index in [0.717, 1.165) is 32.8 Å². The van der Waals surface area contributed by atoms with Crippen molar-refractivity contribution in [2.75, 3.05) is 52.7 Å². The number of hydrogen-bond donors (Lipinski definition) is 3. The van der Waals surface area contributed by atoms with Crippen LogP contribution in [0.4, 0.5) is 0 Å². The van der Waals surface area contributed by atoms with Crippen LogP contribution in [0.5, 0.6) is 0 Å². The van der Waals surface area contributed by atoms with E-state index in [2.05, 4.69) is 28.6 Å². The van der Waals surface area contributed by atoms with Crippen LogP contribution in [0.2, 0.25) is 0 Å². The molecular formula is C27H55N2NaO10S2. The third-order valence-electron chi connectivity index (χ3n) is 6.53. The van der Waals surface area contributed by atoms with E-state index in [9.17, 15) is 40.9 Å². The molecule has 0 aromatic heterocycles. The molecule has 0 aliphatic heterocycles. The fraction of sp³-hybridized carbons (Fsp3) is 0.889. The number of amides is 1. The Labute approximate surface area is 277 Å². The van der Waals surface area contributed by atoms with Gasteiger partial charge in [-0.3, -0.25) is 8.98 Å². The molecule has 0 aromatic rings. The summed E-state index contributed by atoms with van der Waals surface area (Å²) in [5.41, 5.74) is 0. The minimum absolute atomic E-state index is 0. The predicted molar refractivity (Wildman–Crippen MR) is 158 cm³/mol. The number of carbonyl (C=O) groups excluding carboxylic acids is 1. The van der Waals surface area contributed by atoms with Gasteiger partial charge in [-0.25, -0.2) is 16.8 Å². The van der Waals surface area contributed by atoms with Gasteiger partial charge in [0.05, 0.1) is 49.7 Å². The Hall–Kier alpha value is -0.130. The first-order valence-corrected chi connectivity index (χ1v) is 17.6. The molecule has 0 aromatic carbocycles. The van der Waals surface area contributed by atoms with Crippen molar-refractivity contribution in [2.24, 2.45) is 0 Å². The zero-order valence-corrected chi connectivity index (χ0v) is 29.9. The molecule has 15 heteroatoms. The van der Waals surface area contributed by atoms with Crippen LogP contribution in [0, 0.1) is 0 Å². The number of likely N-dealkylation sites (N-methyl/N-ethyl adjacent to an activating group) is 1. The van der Waals surface area contributed by atoms with Crippen molar-refractivity contribution in [3.05, 3.63) is 12.2 Å². The summed E-state index contributed by atoms with van der Waals surface area (Å²) in [5.74, 6) is -0.880. The van der Waals surface area contributed by atoms with Gasteiger partial charge in [0.15, 0.2) is 0 Å². The van der Waals surface area contributed by atoms with Gasteiger partial charge in [0.2, 0.25) is 16.3 Å². The number of hydrogen-bond acceptors (Lipinski definition) is 10. The Morgan fingerprint density at radius 1 is 0.905 bits per heavy atom. The third kappa shape index (κ3) is 36.1. The van der Waals surface area contributed by atoms with Crippen molar-refractivity contribution < 1.29 is 79.2 Å². The molecule has 0 heterocycles. The summed E-state index contributed by atoms with van der Waals surface area (Å²) in [5, 5.41) is 22.0. The van der Waals surface area contributed by atoms with Crippen LogP contribution >= 0.6 is 0 Å². The molecule has 0 aliphatic carbocycles. The van der Waals surface area contributed by atoms with E-state index in [1.54, 1.807) is 7.05 Å². The van der Waals surface area contributed by atoms with Crippen molar-refractivity contribution in [1.29, 1.82) is 0 Å². The number of nitrogens with zero attached hydrogens (tertiary/aromatic N) is 1. The van der Waals surface area contributed by atoms with E-state index >= 15 is 0 Å². The molecule has 0 saturated heterocycles. The molecule has 12 nitrogen and oxygen atoms in total. The largest absolute Gasteiger partial charge is 1.00 e. The maximum atomic E-state index is 12.1. The Balaban J connectivity index is -0.00000195. The minimum atomic E-state index is -4.52. The minimum Gasteiger partial charge on any atom is -0.748 e. The SMILES string of the molecule is CCCCCCCCC=CCCCCCCCC(=O)NCC[N+](C)(CCO)CC(O)CS(=O)(=O)[O-].COS(=O)(=O)[O-].[Na+]. The summed E-state index contributed by atoms with van der Waals surface area (Å²) >= 11 is 0. The molecule has 2 unspecified atom stereocenters. The average molecular weight is 655 g/mol. The number of rotatable bonds is 25. The van der Waals surface area contributed by atoms with Gasteiger partial charge in [-0.2, -0.15) is 0 Å². The molecule has 3 N–H and O–H groups in total. The van der Waals surface area contributed by atoms with Crippen molar-refractivity contribution >= 4 is 26.4 Å². The Bertz CT molecular complexity index is 889. The van der Waals surface area contributed by atoms with Crippen molar-refractivity contribution in [1.82, 2.24) is 5.32 Å². The standard InChI is InChI=1S/C26H52N2O6S.CH4O4S.Na/c1-3-4-5-6-7-8-9-10-11-12-13-14-15-16-17-18-26(31)27-19-20-28(2,21-22-29)23-25(30)24-35(32,33)34;1-5-6(2,3)4;/h10-11,25,29-30H,3-9,12-24H2,1-2H3,(H-,27,31,32,33,34);1H3,(H,2,3,4);/q;;+1/p-1. The molecule has 42 heavy (non-hydrogen) atoms. The van der Waals surface area contributed by atoms with Crippen LogP contribution in [0.1, 0.15) is 96.8 Å². The van der Waals surface area contributed by atoms with Gasteiger partial charge in [-0.15, -0.1) is 0 Å². The second kappa shape index (κ2) is 28.4. The maximum Gasteiger partial charge on any atom is 1.00 e. The van der Waals surface area contributed by atoms with Gasteiger partial charge in [0.25, 0.3) is 0 Å². The first-order valence-electron chi connectivity index (χ1n) is 14.7. The van der Waals surface area contributed by atoms with E-state index in [4.69, 9.17) is 0 Å². The number of unbranched alkanes of at least 4 members (excludes halogenated alkanes) is 11. The summed E-state index contributed by atoms with van der Waals surface area (Å²) in [4.78, 5) is 12.1. The molecule has 0 fully saturated rings. The quantitative estimate of drug-likeness (QED) is 0.0291. The molecule has 0 saturated carbocycles. The monoisotopic (exact) mass is 654 g/mol. The van der Waals surface area contributed by atoms with Gasteiger partial charge >= 0.3 is 29.6 Å².